The van der Waals surface area contributed by atoms with Crippen LogP contribution in [0.1, 0.15) is 15.9 Å². The van der Waals surface area contributed by atoms with Crippen LogP contribution in [0.25, 0.3) is 0 Å². The van der Waals surface area contributed by atoms with Crippen LogP contribution in [0.5, 0.6) is 5.75 Å². The molecule has 0 saturated carbocycles. The maximum atomic E-state index is 12.8. The van der Waals surface area contributed by atoms with Crippen molar-refractivity contribution in [3.8, 4) is 5.75 Å². The van der Waals surface area contributed by atoms with Gasteiger partial charge in [0.05, 0.1) is 24.6 Å². The molecule has 1 heterocycles. The highest BCUT2D eigenvalue weighted by Crippen LogP contribution is 2.30. The van der Waals surface area contributed by atoms with Crippen LogP contribution in [-0.4, -0.2) is 37.3 Å². The molecular formula is C25H24ClN3O3S. The Kier molecular flexibility index (Phi) is 7.78. The van der Waals surface area contributed by atoms with Crippen molar-refractivity contribution in [2.24, 2.45) is 0 Å². The molecule has 4 rings (SSSR count). The second-order valence-electron chi connectivity index (χ2n) is 7.47. The summed E-state index contributed by atoms with van der Waals surface area (Å²) in [6.07, 6.45) is 0. The zero-order chi connectivity index (χ0) is 23.0. The van der Waals surface area contributed by atoms with Crippen molar-refractivity contribution in [1.29, 1.82) is 0 Å². The van der Waals surface area contributed by atoms with E-state index in [1.165, 1.54) is 0 Å². The van der Waals surface area contributed by atoms with E-state index in [0.29, 0.717) is 36.2 Å². The zero-order valence-corrected chi connectivity index (χ0v) is 19.5. The predicted octanol–water partition coefficient (Wildman–Crippen LogP) is 4.88. The normalized spacial score (nSPS) is 13.3. The fraction of sp³-hybridized carbons (Fsp3) is 0.200. The summed E-state index contributed by atoms with van der Waals surface area (Å²) in [4.78, 5) is 15.0. The van der Waals surface area contributed by atoms with Gasteiger partial charge in [-0.25, -0.2) is 0 Å². The van der Waals surface area contributed by atoms with Crippen LogP contribution in [0.15, 0.2) is 72.8 Å². The van der Waals surface area contributed by atoms with Gasteiger partial charge in [0.2, 0.25) is 0 Å². The van der Waals surface area contributed by atoms with E-state index in [9.17, 15) is 4.79 Å². The molecule has 0 bridgehead atoms. The summed E-state index contributed by atoms with van der Waals surface area (Å²) >= 11 is 11.6. The molecule has 2 N–H and O–H groups in total. The number of halogens is 1. The minimum absolute atomic E-state index is 0.187. The largest absolute Gasteiger partial charge is 0.489 e. The highest BCUT2D eigenvalue weighted by atomic mass is 35.5. The van der Waals surface area contributed by atoms with Crippen LogP contribution in [0, 0.1) is 0 Å². The third kappa shape index (κ3) is 6.44. The van der Waals surface area contributed by atoms with E-state index in [2.05, 4.69) is 15.5 Å². The molecule has 1 aliphatic rings. The van der Waals surface area contributed by atoms with Gasteiger partial charge in [0.25, 0.3) is 5.91 Å². The van der Waals surface area contributed by atoms with Gasteiger partial charge in [-0.15, -0.1) is 0 Å². The number of hydrogen-bond donors (Lipinski definition) is 2. The molecule has 0 radical (unpaired) electrons. The lowest BCUT2D eigenvalue weighted by atomic mass is 10.2. The molecule has 8 heteroatoms. The Morgan fingerprint density at radius 2 is 1.82 bits per heavy atom. The van der Waals surface area contributed by atoms with Crippen LogP contribution < -0.4 is 20.3 Å². The Morgan fingerprint density at radius 3 is 2.61 bits per heavy atom. The van der Waals surface area contributed by atoms with E-state index in [1.807, 2.05) is 48.5 Å². The minimum atomic E-state index is -0.326. The first-order valence-electron chi connectivity index (χ1n) is 10.6. The number of carbonyl (C=O) groups excluding carboxylic acids is 1. The maximum absolute atomic E-state index is 12.8. The SMILES string of the molecule is O=C(NC(=S)Nc1cc(Cl)ccc1N1CCOCC1)c1cccc(OCc2ccccc2)c1. The molecule has 1 fully saturated rings. The summed E-state index contributed by atoms with van der Waals surface area (Å²) in [5.41, 5.74) is 3.18. The van der Waals surface area contributed by atoms with E-state index in [-0.39, 0.29) is 11.0 Å². The number of ether oxygens (including phenoxy) is 2. The van der Waals surface area contributed by atoms with E-state index in [1.54, 1.807) is 24.3 Å². The Balaban J connectivity index is 1.39. The number of anilines is 2. The molecule has 0 aliphatic carbocycles. The summed E-state index contributed by atoms with van der Waals surface area (Å²) in [6, 6.07) is 22.4. The lowest BCUT2D eigenvalue weighted by Crippen LogP contribution is -2.38. The topological polar surface area (TPSA) is 62.8 Å². The third-order valence-electron chi connectivity index (χ3n) is 5.13. The van der Waals surface area contributed by atoms with Crippen molar-refractivity contribution in [3.05, 3.63) is 88.9 Å². The van der Waals surface area contributed by atoms with Crippen LogP contribution >= 0.6 is 23.8 Å². The number of morpholine rings is 1. The predicted molar refractivity (Wildman–Crippen MR) is 135 cm³/mol. The van der Waals surface area contributed by atoms with Crippen LogP contribution in [0.4, 0.5) is 11.4 Å². The standard InChI is InChI=1S/C25H24ClN3O3S/c26-20-9-10-23(29-11-13-31-14-12-29)22(16-20)27-25(33)28-24(30)19-7-4-8-21(15-19)32-17-18-5-2-1-3-6-18/h1-10,15-16H,11-14,17H2,(H2,27,28,30,33). The minimum Gasteiger partial charge on any atom is -0.489 e. The average Bonchev–Trinajstić information content (AvgIpc) is 2.84. The zero-order valence-electron chi connectivity index (χ0n) is 17.9. The van der Waals surface area contributed by atoms with E-state index >= 15 is 0 Å². The van der Waals surface area contributed by atoms with Crippen LogP contribution in [0.3, 0.4) is 0 Å². The summed E-state index contributed by atoms with van der Waals surface area (Å²) in [7, 11) is 0. The molecule has 0 spiro atoms. The molecule has 170 valence electrons. The number of rotatable bonds is 6. The van der Waals surface area contributed by atoms with Crippen LogP contribution in [0.2, 0.25) is 5.02 Å². The quantitative estimate of drug-likeness (QED) is 0.489. The summed E-state index contributed by atoms with van der Waals surface area (Å²) in [5, 5.41) is 6.61. The fourth-order valence-electron chi connectivity index (χ4n) is 3.49. The van der Waals surface area contributed by atoms with E-state index in [4.69, 9.17) is 33.3 Å². The number of nitrogens with zero attached hydrogens (tertiary/aromatic N) is 1. The van der Waals surface area contributed by atoms with Gasteiger partial charge in [-0.05, 0) is 54.2 Å². The molecule has 3 aromatic carbocycles. The van der Waals surface area contributed by atoms with Crippen molar-refractivity contribution in [2.45, 2.75) is 6.61 Å². The maximum Gasteiger partial charge on any atom is 0.257 e. The number of thiocarbonyl (C=S) groups is 1. The van der Waals surface area contributed by atoms with Gasteiger partial charge in [-0.1, -0.05) is 48.0 Å². The van der Waals surface area contributed by atoms with Crippen molar-refractivity contribution < 1.29 is 14.3 Å². The van der Waals surface area contributed by atoms with E-state index < -0.39 is 0 Å². The summed E-state index contributed by atoms with van der Waals surface area (Å²) in [5.74, 6) is 0.280. The monoisotopic (exact) mass is 481 g/mol. The summed E-state index contributed by atoms with van der Waals surface area (Å²) < 4.78 is 11.3. The summed E-state index contributed by atoms with van der Waals surface area (Å²) in [6.45, 7) is 3.28. The second kappa shape index (κ2) is 11.1. The molecule has 0 atom stereocenters. The highest BCUT2D eigenvalue weighted by Gasteiger charge is 2.17. The Hall–Kier alpha value is -3.13. The van der Waals surface area contributed by atoms with Gasteiger partial charge in [0.1, 0.15) is 12.4 Å². The lowest BCUT2D eigenvalue weighted by molar-refractivity contribution is 0.0977. The molecule has 3 aromatic rings. The Labute approximate surface area is 203 Å². The molecule has 1 amide bonds. The third-order valence-corrected chi connectivity index (χ3v) is 5.57. The number of hydrogen-bond acceptors (Lipinski definition) is 5. The number of benzene rings is 3. The number of nitrogens with one attached hydrogen (secondary N) is 2. The van der Waals surface area contributed by atoms with Gasteiger partial charge in [-0.3, -0.25) is 10.1 Å². The van der Waals surface area contributed by atoms with Crippen LogP contribution in [-0.2, 0) is 11.3 Å². The molecule has 33 heavy (non-hydrogen) atoms. The molecule has 1 saturated heterocycles. The van der Waals surface area contributed by atoms with Gasteiger partial charge in [0, 0.05) is 23.7 Å². The molecule has 0 aromatic heterocycles. The first kappa shape index (κ1) is 23.0. The fourth-order valence-corrected chi connectivity index (χ4v) is 3.86. The van der Waals surface area contributed by atoms with Gasteiger partial charge in [0.15, 0.2) is 5.11 Å². The van der Waals surface area contributed by atoms with Crippen molar-refractivity contribution in [3.63, 3.8) is 0 Å². The number of amides is 1. The van der Waals surface area contributed by atoms with E-state index in [0.717, 1.165) is 30.0 Å². The molecule has 6 nitrogen and oxygen atoms in total. The molecule has 0 unspecified atom stereocenters. The van der Waals surface area contributed by atoms with Gasteiger partial charge >= 0.3 is 0 Å². The van der Waals surface area contributed by atoms with Crippen molar-refractivity contribution >= 4 is 46.2 Å². The first-order chi connectivity index (χ1) is 16.1. The molecule has 1 aliphatic heterocycles. The molecular weight excluding hydrogens is 458 g/mol. The first-order valence-corrected chi connectivity index (χ1v) is 11.4. The second-order valence-corrected chi connectivity index (χ2v) is 8.32. The Morgan fingerprint density at radius 1 is 1.03 bits per heavy atom. The van der Waals surface area contributed by atoms with Crippen molar-refractivity contribution in [1.82, 2.24) is 5.32 Å². The van der Waals surface area contributed by atoms with Gasteiger partial charge < -0.3 is 19.7 Å². The lowest BCUT2D eigenvalue weighted by Gasteiger charge is -2.30. The number of carbonyl (C=O) groups is 1. The Bertz CT molecular complexity index is 1120. The highest BCUT2D eigenvalue weighted by molar-refractivity contribution is 7.80. The van der Waals surface area contributed by atoms with Crippen molar-refractivity contribution in [2.75, 3.05) is 36.5 Å². The average molecular weight is 482 g/mol. The smallest absolute Gasteiger partial charge is 0.257 e. The van der Waals surface area contributed by atoms with Gasteiger partial charge in [-0.2, -0.15) is 0 Å².